The Hall–Kier alpha value is -1.29. The smallest absolute Gasteiger partial charge is 0.253 e. The summed E-state index contributed by atoms with van der Waals surface area (Å²) in [5.41, 5.74) is 6.57. The number of rotatable bonds is 1. The highest BCUT2D eigenvalue weighted by molar-refractivity contribution is 7.93. The van der Waals surface area contributed by atoms with Gasteiger partial charge in [-0.25, -0.2) is 0 Å². The van der Waals surface area contributed by atoms with Gasteiger partial charge in [0.1, 0.15) is 0 Å². The molecule has 1 amide bonds. The molecule has 102 valence electrons. The quantitative estimate of drug-likeness (QED) is 0.610. The van der Waals surface area contributed by atoms with Gasteiger partial charge in [0, 0.05) is 17.0 Å². The molecule has 1 aromatic rings. The van der Waals surface area contributed by atoms with Gasteiger partial charge in [0.15, 0.2) is 0 Å². The predicted octanol–water partition coefficient (Wildman–Crippen LogP) is 3.70. The van der Waals surface area contributed by atoms with Crippen molar-refractivity contribution in [1.29, 1.82) is 0 Å². The molecular weight excluding hydrogens is 264 g/mol. The Bertz CT molecular complexity index is 349. The van der Waals surface area contributed by atoms with E-state index in [4.69, 9.17) is 5.73 Å². The molecule has 3 nitrogen and oxygen atoms in total. The van der Waals surface area contributed by atoms with Crippen LogP contribution in [-0.2, 0) is 0 Å². The topological polar surface area (TPSA) is 55.1 Å². The number of thiocarbonyl (C=S) groups is 2. The number of hydrogen-bond acceptors (Lipinski definition) is 4. The Balaban J connectivity index is -0.000000274. The third-order valence-corrected chi connectivity index (χ3v) is 1.43. The average Bonchev–Trinajstić information content (AvgIpc) is 2.44. The first-order valence-corrected chi connectivity index (χ1v) is 6.54. The van der Waals surface area contributed by atoms with Gasteiger partial charge >= 0.3 is 0 Å². The van der Waals surface area contributed by atoms with Crippen LogP contribution in [0.15, 0.2) is 24.3 Å². The monoisotopic (exact) mass is 286 g/mol. The van der Waals surface area contributed by atoms with Crippen molar-refractivity contribution in [3.05, 3.63) is 29.8 Å². The molecule has 0 aromatic heterocycles. The Morgan fingerprint density at radius 1 is 1.17 bits per heavy atom. The van der Waals surface area contributed by atoms with E-state index in [0.717, 1.165) is 0 Å². The number of nitrogens with one attached hydrogen (secondary N) is 1. The zero-order valence-corrected chi connectivity index (χ0v) is 13.2. The van der Waals surface area contributed by atoms with Crippen LogP contribution < -0.4 is 11.1 Å². The highest BCUT2D eigenvalue weighted by Crippen LogP contribution is 2.09. The first kappa shape index (κ1) is 21.9. The van der Waals surface area contributed by atoms with E-state index in [0.29, 0.717) is 11.3 Å². The summed E-state index contributed by atoms with van der Waals surface area (Å²) >= 11 is 7.92. The predicted molar refractivity (Wildman–Crippen MR) is 87.1 cm³/mol. The summed E-state index contributed by atoms with van der Waals surface area (Å²) in [7, 11) is 1.58. The van der Waals surface area contributed by atoms with E-state index in [2.05, 4.69) is 29.8 Å². The fraction of sp³-hybridized carbons (Fsp3) is 0.385. The van der Waals surface area contributed by atoms with Gasteiger partial charge in [0.05, 0.1) is 5.56 Å². The minimum Gasteiger partial charge on any atom is -0.398 e. The minimum atomic E-state index is -0.150. The van der Waals surface area contributed by atoms with Gasteiger partial charge < -0.3 is 11.1 Å². The van der Waals surface area contributed by atoms with Crippen LogP contribution in [-0.4, -0.2) is 17.3 Å². The van der Waals surface area contributed by atoms with Crippen LogP contribution in [0.3, 0.4) is 0 Å². The molecule has 0 aliphatic heterocycles. The summed E-state index contributed by atoms with van der Waals surface area (Å²) in [4.78, 5) is 11.0. The molecule has 1 aromatic carbocycles. The normalized spacial score (nSPS) is 6.72. The zero-order valence-electron chi connectivity index (χ0n) is 11.6. The van der Waals surface area contributed by atoms with Crippen LogP contribution in [0.2, 0.25) is 0 Å². The van der Waals surface area contributed by atoms with E-state index in [-0.39, 0.29) is 5.91 Å². The lowest BCUT2D eigenvalue weighted by Crippen LogP contribution is -2.19. The number of benzene rings is 1. The second-order valence-corrected chi connectivity index (χ2v) is 2.92. The number of anilines is 1. The molecule has 0 spiro atoms. The van der Waals surface area contributed by atoms with Crippen molar-refractivity contribution >= 4 is 40.3 Å². The Kier molecular flexibility index (Phi) is 22.0. The van der Waals surface area contributed by atoms with Crippen molar-refractivity contribution < 1.29 is 4.79 Å². The van der Waals surface area contributed by atoms with Crippen molar-refractivity contribution in [2.45, 2.75) is 27.7 Å². The number of nitrogens with two attached hydrogens (primary N) is 1. The third kappa shape index (κ3) is 11.2. The molecule has 0 unspecified atom stereocenters. The van der Waals surface area contributed by atoms with E-state index in [9.17, 15) is 4.79 Å². The number of carbonyl (C=O) groups excluding carboxylic acids is 1. The van der Waals surface area contributed by atoms with Gasteiger partial charge in [-0.3, -0.25) is 4.79 Å². The van der Waals surface area contributed by atoms with E-state index in [1.807, 2.05) is 32.0 Å². The standard InChI is InChI=1S/C8H10N2O.2C2H6.CS2/c1-10-8(11)6-4-2-3-5-7(6)9;2*1-2;2-1-3/h2-5H,9H2,1H3,(H,10,11);2*1-2H3;. The van der Waals surface area contributed by atoms with E-state index in [1.54, 1.807) is 31.3 Å². The molecule has 0 atom stereocenters. The number of carbonyl (C=O) groups is 1. The van der Waals surface area contributed by atoms with E-state index >= 15 is 0 Å². The summed E-state index contributed by atoms with van der Waals surface area (Å²) in [6.07, 6.45) is 0. The van der Waals surface area contributed by atoms with Gasteiger partial charge in [-0.1, -0.05) is 39.8 Å². The van der Waals surface area contributed by atoms with Crippen LogP contribution in [0.1, 0.15) is 38.1 Å². The molecule has 0 aliphatic rings. The number of hydrogen-bond donors (Lipinski definition) is 2. The molecule has 0 radical (unpaired) electrons. The molecular formula is C13H22N2OS2. The highest BCUT2D eigenvalue weighted by atomic mass is 32.1. The molecule has 0 aliphatic carbocycles. The molecule has 0 bridgehead atoms. The number of para-hydroxylation sites is 1. The molecule has 0 saturated heterocycles. The van der Waals surface area contributed by atoms with Gasteiger partial charge in [0.25, 0.3) is 5.91 Å². The largest absolute Gasteiger partial charge is 0.398 e. The first-order valence-electron chi connectivity index (χ1n) is 5.73. The van der Waals surface area contributed by atoms with E-state index < -0.39 is 0 Å². The van der Waals surface area contributed by atoms with Gasteiger partial charge in [-0.2, -0.15) is 0 Å². The summed E-state index contributed by atoms with van der Waals surface area (Å²) in [5.74, 6) is -0.150. The van der Waals surface area contributed by atoms with Crippen LogP contribution >= 0.6 is 24.4 Å². The van der Waals surface area contributed by atoms with Crippen LogP contribution in [0.4, 0.5) is 5.69 Å². The van der Waals surface area contributed by atoms with Crippen molar-refractivity contribution in [2.24, 2.45) is 0 Å². The number of amides is 1. The molecule has 0 heterocycles. The maximum absolute atomic E-state index is 11.0. The van der Waals surface area contributed by atoms with Crippen LogP contribution in [0.25, 0.3) is 0 Å². The maximum atomic E-state index is 11.0. The molecule has 18 heavy (non-hydrogen) atoms. The van der Waals surface area contributed by atoms with Crippen molar-refractivity contribution in [1.82, 2.24) is 5.32 Å². The van der Waals surface area contributed by atoms with Gasteiger partial charge in [-0.05, 0) is 36.6 Å². The molecule has 0 saturated carbocycles. The average molecular weight is 286 g/mol. The second kappa shape index (κ2) is 18.1. The van der Waals surface area contributed by atoms with Gasteiger partial charge in [-0.15, -0.1) is 0 Å². The lowest BCUT2D eigenvalue weighted by Gasteiger charge is -2.01. The summed E-state index contributed by atoms with van der Waals surface area (Å²) in [5, 5.41) is 2.50. The first-order chi connectivity index (χ1) is 8.67. The Morgan fingerprint density at radius 2 is 1.56 bits per heavy atom. The summed E-state index contributed by atoms with van der Waals surface area (Å²) in [6.45, 7) is 8.00. The number of nitrogen functional groups attached to an aromatic ring is 1. The van der Waals surface area contributed by atoms with Crippen LogP contribution in [0, 0.1) is 0 Å². The van der Waals surface area contributed by atoms with Crippen molar-refractivity contribution in [2.75, 3.05) is 12.8 Å². The Morgan fingerprint density at radius 3 is 1.89 bits per heavy atom. The minimum absolute atomic E-state index is 0.150. The third-order valence-electron chi connectivity index (χ3n) is 1.43. The zero-order chi connectivity index (χ0) is 15.0. The van der Waals surface area contributed by atoms with Crippen molar-refractivity contribution in [3.8, 4) is 0 Å². The Labute approximate surface area is 121 Å². The van der Waals surface area contributed by atoms with Gasteiger partial charge in [0.2, 0.25) is 0 Å². The van der Waals surface area contributed by atoms with Crippen molar-refractivity contribution in [3.63, 3.8) is 0 Å². The summed E-state index contributed by atoms with van der Waals surface area (Å²) in [6, 6.07) is 6.96. The van der Waals surface area contributed by atoms with E-state index in [1.165, 1.54) is 0 Å². The fourth-order valence-electron chi connectivity index (χ4n) is 0.838. The maximum Gasteiger partial charge on any atom is 0.253 e. The summed E-state index contributed by atoms with van der Waals surface area (Å²) < 4.78 is 1.92. The lowest BCUT2D eigenvalue weighted by molar-refractivity contribution is 0.0964. The fourth-order valence-corrected chi connectivity index (χ4v) is 0.838. The SMILES string of the molecule is CC.CC.CNC(=O)c1ccccc1N.S=C=S. The highest BCUT2D eigenvalue weighted by Gasteiger charge is 2.04. The van der Waals surface area contributed by atoms with Crippen LogP contribution in [0.5, 0.6) is 0 Å². The molecule has 1 rings (SSSR count). The lowest BCUT2D eigenvalue weighted by atomic mass is 10.2. The molecule has 3 N–H and O–H groups in total. The second-order valence-electron chi connectivity index (χ2n) is 2.25. The molecule has 5 heteroatoms. The molecule has 0 fully saturated rings.